The number of halogens is 1. The summed E-state index contributed by atoms with van der Waals surface area (Å²) in [6.45, 7) is 3.99. The van der Waals surface area contributed by atoms with Gasteiger partial charge in [-0.15, -0.1) is 0 Å². The predicted octanol–water partition coefficient (Wildman–Crippen LogP) is 4.72. The van der Waals surface area contributed by atoms with E-state index < -0.39 is 6.04 Å². The van der Waals surface area contributed by atoms with Crippen molar-refractivity contribution in [3.63, 3.8) is 0 Å². The Hall–Kier alpha value is -3.31. The molecule has 0 unspecified atom stereocenters. The number of carbonyl (C=O) groups excluding carboxylic acids is 2. The van der Waals surface area contributed by atoms with Gasteiger partial charge < -0.3 is 15.0 Å². The molecule has 0 saturated heterocycles. The summed E-state index contributed by atoms with van der Waals surface area (Å²) < 4.78 is 5.78. The monoisotopic (exact) mass is 464 g/mol. The number of ether oxygens (including phenoxy) is 1. The summed E-state index contributed by atoms with van der Waals surface area (Å²) in [6, 6.07) is 22.1. The smallest absolute Gasteiger partial charge is 0.261 e. The van der Waals surface area contributed by atoms with Crippen molar-refractivity contribution in [2.24, 2.45) is 0 Å². The van der Waals surface area contributed by atoms with E-state index in [2.05, 4.69) is 5.32 Å². The van der Waals surface area contributed by atoms with E-state index in [-0.39, 0.29) is 18.4 Å². The van der Waals surface area contributed by atoms with Crippen molar-refractivity contribution in [3.8, 4) is 5.75 Å². The van der Waals surface area contributed by atoms with Gasteiger partial charge in [-0.1, -0.05) is 66.2 Å². The van der Waals surface area contributed by atoms with Crippen LogP contribution in [0.4, 0.5) is 0 Å². The molecule has 0 aliphatic carbocycles. The third-order valence-corrected chi connectivity index (χ3v) is 6.04. The molecule has 2 amide bonds. The van der Waals surface area contributed by atoms with Crippen LogP contribution in [0.25, 0.3) is 0 Å². The third-order valence-electron chi connectivity index (χ3n) is 5.61. The summed E-state index contributed by atoms with van der Waals surface area (Å²) >= 11 is 6.09. The Labute approximate surface area is 200 Å². The van der Waals surface area contributed by atoms with Crippen LogP contribution >= 0.6 is 11.6 Å². The minimum absolute atomic E-state index is 0.185. The van der Waals surface area contributed by atoms with Gasteiger partial charge in [-0.05, 0) is 54.3 Å². The average molecular weight is 465 g/mol. The molecule has 0 radical (unpaired) electrons. The SMILES string of the molecule is CNC(=O)[C@H](Cc1ccccc1)N(Cc1ccccc1C)C(=O)COc1ccc(Cl)c(C)c1. The van der Waals surface area contributed by atoms with Gasteiger partial charge in [-0.3, -0.25) is 9.59 Å². The normalized spacial score (nSPS) is 11.5. The Kier molecular flexibility index (Phi) is 8.50. The predicted molar refractivity (Wildman–Crippen MR) is 131 cm³/mol. The zero-order chi connectivity index (χ0) is 23.8. The van der Waals surface area contributed by atoms with Gasteiger partial charge in [0, 0.05) is 25.0 Å². The largest absolute Gasteiger partial charge is 0.484 e. The van der Waals surface area contributed by atoms with Crippen molar-refractivity contribution in [1.29, 1.82) is 0 Å². The number of aryl methyl sites for hydroxylation is 2. The fourth-order valence-corrected chi connectivity index (χ4v) is 3.74. The van der Waals surface area contributed by atoms with Gasteiger partial charge in [0.1, 0.15) is 11.8 Å². The van der Waals surface area contributed by atoms with Gasteiger partial charge in [-0.2, -0.15) is 0 Å². The lowest BCUT2D eigenvalue weighted by molar-refractivity contribution is -0.142. The number of nitrogens with one attached hydrogen (secondary N) is 1. The molecule has 0 heterocycles. The Bertz CT molecular complexity index is 1100. The molecule has 0 aromatic heterocycles. The van der Waals surface area contributed by atoms with Crippen LogP contribution in [0, 0.1) is 13.8 Å². The maximum absolute atomic E-state index is 13.4. The van der Waals surface area contributed by atoms with E-state index in [0.29, 0.717) is 23.7 Å². The fraction of sp³-hybridized carbons (Fsp3) is 0.259. The molecule has 3 aromatic carbocycles. The minimum atomic E-state index is -0.680. The lowest BCUT2D eigenvalue weighted by Crippen LogP contribution is -2.51. The molecule has 5 nitrogen and oxygen atoms in total. The van der Waals surface area contributed by atoms with Crippen molar-refractivity contribution < 1.29 is 14.3 Å². The maximum atomic E-state index is 13.4. The first kappa shape index (κ1) is 24.3. The number of carbonyl (C=O) groups is 2. The quantitative estimate of drug-likeness (QED) is 0.498. The fourth-order valence-electron chi connectivity index (χ4n) is 3.63. The molecule has 1 N–H and O–H groups in total. The molecule has 0 bridgehead atoms. The summed E-state index contributed by atoms with van der Waals surface area (Å²) in [6.07, 6.45) is 0.401. The van der Waals surface area contributed by atoms with Gasteiger partial charge in [0.15, 0.2) is 6.61 Å². The van der Waals surface area contributed by atoms with Crippen molar-refractivity contribution >= 4 is 23.4 Å². The van der Waals surface area contributed by atoms with Crippen LogP contribution in [0.1, 0.15) is 22.3 Å². The molecule has 33 heavy (non-hydrogen) atoms. The molecule has 3 aromatic rings. The summed E-state index contributed by atoms with van der Waals surface area (Å²) in [5, 5.41) is 3.36. The van der Waals surface area contributed by atoms with Crippen molar-refractivity contribution in [1.82, 2.24) is 10.2 Å². The molecule has 172 valence electrons. The highest BCUT2D eigenvalue weighted by Gasteiger charge is 2.30. The molecule has 3 rings (SSSR count). The molecule has 6 heteroatoms. The lowest BCUT2D eigenvalue weighted by Gasteiger charge is -2.31. The van der Waals surface area contributed by atoms with E-state index in [9.17, 15) is 9.59 Å². The second-order valence-electron chi connectivity index (χ2n) is 7.97. The summed E-state index contributed by atoms with van der Waals surface area (Å²) in [4.78, 5) is 28.0. The van der Waals surface area contributed by atoms with E-state index in [1.807, 2.05) is 68.4 Å². The first-order valence-corrected chi connectivity index (χ1v) is 11.2. The minimum Gasteiger partial charge on any atom is -0.484 e. The number of hydrogen-bond donors (Lipinski definition) is 1. The molecular weight excluding hydrogens is 436 g/mol. The number of benzene rings is 3. The molecule has 0 saturated carbocycles. The Morgan fingerprint density at radius 1 is 0.970 bits per heavy atom. The maximum Gasteiger partial charge on any atom is 0.261 e. The van der Waals surface area contributed by atoms with Crippen LogP contribution in [0.2, 0.25) is 5.02 Å². The Balaban J connectivity index is 1.88. The summed E-state index contributed by atoms with van der Waals surface area (Å²) in [5.41, 5.74) is 3.88. The first-order chi connectivity index (χ1) is 15.9. The highest BCUT2D eigenvalue weighted by atomic mass is 35.5. The Morgan fingerprint density at radius 2 is 1.67 bits per heavy atom. The lowest BCUT2D eigenvalue weighted by atomic mass is 10.0. The van der Waals surface area contributed by atoms with E-state index in [1.165, 1.54) is 0 Å². The van der Waals surface area contributed by atoms with Gasteiger partial charge in [0.25, 0.3) is 5.91 Å². The topological polar surface area (TPSA) is 58.6 Å². The second kappa shape index (κ2) is 11.5. The zero-order valence-electron chi connectivity index (χ0n) is 19.2. The third kappa shape index (κ3) is 6.59. The van der Waals surface area contributed by atoms with Crippen LogP contribution in [0.5, 0.6) is 5.75 Å². The van der Waals surface area contributed by atoms with Crippen molar-refractivity contribution in [2.45, 2.75) is 32.9 Å². The van der Waals surface area contributed by atoms with Crippen LogP contribution in [0.15, 0.2) is 72.8 Å². The Morgan fingerprint density at radius 3 is 2.33 bits per heavy atom. The van der Waals surface area contributed by atoms with E-state index in [4.69, 9.17) is 16.3 Å². The standard InChI is InChI=1S/C27H29ClN2O3/c1-19-9-7-8-12-22(19)17-30(25(27(32)29-3)16-21-10-5-4-6-11-21)26(31)18-33-23-13-14-24(28)20(2)15-23/h4-15,25H,16-18H2,1-3H3,(H,29,32)/t25-/m0/s1. The number of nitrogens with zero attached hydrogens (tertiary/aromatic N) is 1. The van der Waals surface area contributed by atoms with Crippen LogP contribution < -0.4 is 10.1 Å². The average Bonchev–Trinajstić information content (AvgIpc) is 2.83. The molecule has 0 fully saturated rings. The molecule has 0 aliphatic rings. The van der Waals surface area contributed by atoms with Crippen LogP contribution in [0.3, 0.4) is 0 Å². The van der Waals surface area contributed by atoms with Gasteiger partial charge in [0.05, 0.1) is 0 Å². The summed E-state index contributed by atoms with van der Waals surface area (Å²) in [7, 11) is 1.59. The summed E-state index contributed by atoms with van der Waals surface area (Å²) in [5.74, 6) is 0.0687. The van der Waals surface area contributed by atoms with Gasteiger partial charge >= 0.3 is 0 Å². The molecule has 0 aliphatic heterocycles. The van der Waals surface area contributed by atoms with E-state index in [0.717, 1.165) is 22.3 Å². The van der Waals surface area contributed by atoms with Crippen molar-refractivity contribution in [3.05, 3.63) is 100 Å². The zero-order valence-corrected chi connectivity index (χ0v) is 19.9. The van der Waals surface area contributed by atoms with Gasteiger partial charge in [-0.25, -0.2) is 0 Å². The number of amides is 2. The molecule has 1 atom stereocenters. The van der Waals surface area contributed by atoms with Crippen LogP contribution in [-0.4, -0.2) is 36.4 Å². The number of likely N-dealkylation sites (N-methyl/N-ethyl adjacent to an activating group) is 1. The van der Waals surface area contributed by atoms with Crippen LogP contribution in [-0.2, 0) is 22.6 Å². The highest BCUT2D eigenvalue weighted by molar-refractivity contribution is 6.31. The molecule has 0 spiro atoms. The highest BCUT2D eigenvalue weighted by Crippen LogP contribution is 2.22. The second-order valence-corrected chi connectivity index (χ2v) is 8.37. The van der Waals surface area contributed by atoms with Gasteiger partial charge in [0.2, 0.25) is 5.91 Å². The number of hydrogen-bond acceptors (Lipinski definition) is 3. The number of rotatable bonds is 9. The van der Waals surface area contributed by atoms with E-state index in [1.54, 1.807) is 30.1 Å². The first-order valence-electron chi connectivity index (χ1n) is 10.9. The van der Waals surface area contributed by atoms with E-state index >= 15 is 0 Å². The van der Waals surface area contributed by atoms with Crippen molar-refractivity contribution in [2.75, 3.05) is 13.7 Å². The molecular formula is C27H29ClN2O3.